The highest BCUT2D eigenvalue weighted by Gasteiger charge is 1.98. The van der Waals surface area contributed by atoms with Gasteiger partial charge in [0, 0.05) is 5.92 Å². The summed E-state index contributed by atoms with van der Waals surface area (Å²) in [6, 6.07) is 0. The lowest BCUT2D eigenvalue weighted by atomic mass is 10.0. The minimum Gasteiger partial charge on any atom is -0.357 e. The lowest BCUT2D eigenvalue weighted by Gasteiger charge is -2.02. The maximum Gasteiger partial charge on any atom is 0.0768 e. The predicted octanol–water partition coefficient (Wildman–Crippen LogP) is 0.665. The summed E-state index contributed by atoms with van der Waals surface area (Å²) in [6.07, 6.45) is 2.58. The van der Waals surface area contributed by atoms with Gasteiger partial charge in [-0.15, -0.1) is 0 Å². The zero-order valence-corrected chi connectivity index (χ0v) is 5.41. The van der Waals surface area contributed by atoms with Crippen LogP contribution in [0.1, 0.15) is 26.7 Å². The number of rotatable bonds is 3. The zero-order valence-electron chi connectivity index (χ0n) is 5.41. The number of quaternary nitrogens is 1. The molecule has 0 aliphatic heterocycles. The molecule has 7 heavy (non-hydrogen) atoms. The van der Waals surface area contributed by atoms with Crippen molar-refractivity contribution in [3.05, 3.63) is 0 Å². The third-order valence-electron chi connectivity index (χ3n) is 1.56. The molecule has 1 nitrogen and oxygen atoms in total. The van der Waals surface area contributed by atoms with E-state index in [0.717, 1.165) is 12.5 Å². The van der Waals surface area contributed by atoms with E-state index in [9.17, 15) is 0 Å². The molecule has 0 aromatic carbocycles. The lowest BCUT2D eigenvalue weighted by molar-refractivity contribution is -0.379. The maximum absolute atomic E-state index is 3.83. The molecule has 0 saturated carbocycles. The molecule has 0 aromatic rings. The van der Waals surface area contributed by atoms with E-state index in [2.05, 4.69) is 19.6 Å². The molecule has 0 saturated heterocycles. The van der Waals surface area contributed by atoms with Gasteiger partial charge in [0.1, 0.15) is 0 Å². The molecule has 3 N–H and O–H groups in total. The first kappa shape index (κ1) is 6.96. The van der Waals surface area contributed by atoms with Gasteiger partial charge in [0.15, 0.2) is 0 Å². The second kappa shape index (κ2) is 4.13. The highest BCUT2D eigenvalue weighted by molar-refractivity contribution is 4.47. The quantitative estimate of drug-likeness (QED) is 0.542. The minimum absolute atomic E-state index is 0.875. The Morgan fingerprint density at radius 1 is 1.29 bits per heavy atom. The first-order valence-corrected chi connectivity index (χ1v) is 3.14. The molecule has 1 heteroatoms. The fourth-order valence-corrected chi connectivity index (χ4v) is 0.697. The molecule has 0 radical (unpaired) electrons. The Bertz CT molecular complexity index is 25.7. The largest absolute Gasteiger partial charge is 0.357 e. The molecular weight excluding hydrogens is 86.1 g/mol. The van der Waals surface area contributed by atoms with Gasteiger partial charge in [0.05, 0.1) is 6.54 Å². The van der Waals surface area contributed by atoms with Crippen LogP contribution in [-0.2, 0) is 0 Å². The Hall–Kier alpha value is -0.0400. The van der Waals surface area contributed by atoms with Crippen molar-refractivity contribution in [2.75, 3.05) is 6.54 Å². The van der Waals surface area contributed by atoms with Gasteiger partial charge in [-0.25, -0.2) is 0 Å². The van der Waals surface area contributed by atoms with E-state index in [1.807, 2.05) is 0 Å². The van der Waals surface area contributed by atoms with Crippen LogP contribution in [-0.4, -0.2) is 6.54 Å². The molecular formula is C6H16N+. The molecule has 0 aliphatic rings. The smallest absolute Gasteiger partial charge is 0.0768 e. The topological polar surface area (TPSA) is 27.6 Å². The molecule has 0 fully saturated rings. The van der Waals surface area contributed by atoms with Gasteiger partial charge in [-0.2, -0.15) is 0 Å². The van der Waals surface area contributed by atoms with Crippen LogP contribution in [0.25, 0.3) is 0 Å². The average Bonchev–Trinajstić information content (AvgIpc) is 1.72. The summed E-state index contributed by atoms with van der Waals surface area (Å²) in [5.74, 6) is 0.875. The summed E-state index contributed by atoms with van der Waals surface area (Å²) in [6.45, 7) is 5.55. The standard InChI is InChI=1S/C6H15N/c1-3-6(4-2)5-7/h6H,3-5,7H2,1-2H3/p+1. The Morgan fingerprint density at radius 3 is 1.71 bits per heavy atom. The fraction of sp³-hybridized carbons (Fsp3) is 1.00. The third-order valence-corrected chi connectivity index (χ3v) is 1.56. The van der Waals surface area contributed by atoms with Crippen LogP contribution in [0.2, 0.25) is 0 Å². The molecule has 0 atom stereocenters. The Labute approximate surface area is 45.9 Å². The van der Waals surface area contributed by atoms with Gasteiger partial charge in [0.25, 0.3) is 0 Å². The minimum atomic E-state index is 0.875. The lowest BCUT2D eigenvalue weighted by Crippen LogP contribution is -2.53. The first-order valence-electron chi connectivity index (χ1n) is 3.14. The second-order valence-electron chi connectivity index (χ2n) is 1.97. The van der Waals surface area contributed by atoms with E-state index in [1.54, 1.807) is 0 Å². The van der Waals surface area contributed by atoms with Crippen LogP contribution >= 0.6 is 0 Å². The third kappa shape index (κ3) is 2.63. The summed E-state index contributed by atoms with van der Waals surface area (Å²) in [5, 5.41) is 0. The van der Waals surface area contributed by atoms with Gasteiger partial charge in [-0.05, 0) is 12.8 Å². The summed E-state index contributed by atoms with van der Waals surface area (Å²) in [4.78, 5) is 0. The van der Waals surface area contributed by atoms with Gasteiger partial charge in [-0.1, -0.05) is 13.8 Å². The van der Waals surface area contributed by atoms with Gasteiger partial charge >= 0.3 is 0 Å². The number of hydrogen-bond acceptors (Lipinski definition) is 0. The summed E-state index contributed by atoms with van der Waals surface area (Å²) >= 11 is 0. The molecule has 0 aliphatic carbocycles. The monoisotopic (exact) mass is 102 g/mol. The molecule has 0 bridgehead atoms. The van der Waals surface area contributed by atoms with Crippen LogP contribution in [0.3, 0.4) is 0 Å². The summed E-state index contributed by atoms with van der Waals surface area (Å²) in [5.41, 5.74) is 3.83. The molecule has 0 aromatic heterocycles. The van der Waals surface area contributed by atoms with Crippen molar-refractivity contribution >= 4 is 0 Å². The second-order valence-corrected chi connectivity index (χ2v) is 1.97. The van der Waals surface area contributed by atoms with Gasteiger partial charge < -0.3 is 5.73 Å². The fourth-order valence-electron chi connectivity index (χ4n) is 0.697. The SMILES string of the molecule is CCC(CC)C[NH3+]. The van der Waals surface area contributed by atoms with Crippen LogP contribution in [0.5, 0.6) is 0 Å². The predicted molar refractivity (Wildman–Crippen MR) is 31.8 cm³/mol. The van der Waals surface area contributed by atoms with Gasteiger partial charge in [-0.3, -0.25) is 0 Å². The molecule has 0 heterocycles. The van der Waals surface area contributed by atoms with E-state index in [1.165, 1.54) is 12.8 Å². The first-order chi connectivity index (χ1) is 3.35. The molecule has 0 amide bonds. The molecule has 44 valence electrons. The van der Waals surface area contributed by atoms with Crippen LogP contribution < -0.4 is 5.73 Å². The van der Waals surface area contributed by atoms with Gasteiger partial charge in [0.2, 0.25) is 0 Å². The Morgan fingerprint density at radius 2 is 1.71 bits per heavy atom. The molecule has 0 spiro atoms. The van der Waals surface area contributed by atoms with Crippen molar-refractivity contribution in [2.24, 2.45) is 5.92 Å². The maximum atomic E-state index is 3.83. The number of hydrogen-bond donors (Lipinski definition) is 1. The highest BCUT2D eigenvalue weighted by Crippen LogP contribution is 2.01. The van der Waals surface area contributed by atoms with Crippen LogP contribution in [0.15, 0.2) is 0 Å². The molecule has 0 rings (SSSR count). The average molecular weight is 102 g/mol. The summed E-state index contributed by atoms with van der Waals surface area (Å²) in [7, 11) is 0. The van der Waals surface area contributed by atoms with Crippen molar-refractivity contribution in [1.82, 2.24) is 0 Å². The van der Waals surface area contributed by atoms with Crippen molar-refractivity contribution in [3.8, 4) is 0 Å². The highest BCUT2D eigenvalue weighted by atomic mass is 14.5. The van der Waals surface area contributed by atoms with E-state index in [0.29, 0.717) is 0 Å². The normalized spacial score (nSPS) is 10.3. The van der Waals surface area contributed by atoms with Crippen LogP contribution in [0.4, 0.5) is 0 Å². The van der Waals surface area contributed by atoms with E-state index < -0.39 is 0 Å². The van der Waals surface area contributed by atoms with E-state index in [4.69, 9.17) is 0 Å². The zero-order chi connectivity index (χ0) is 5.70. The van der Waals surface area contributed by atoms with E-state index >= 15 is 0 Å². The van der Waals surface area contributed by atoms with Crippen molar-refractivity contribution in [3.63, 3.8) is 0 Å². The van der Waals surface area contributed by atoms with Crippen LogP contribution in [0, 0.1) is 5.92 Å². The molecule has 0 unspecified atom stereocenters. The summed E-state index contributed by atoms with van der Waals surface area (Å²) < 4.78 is 0. The van der Waals surface area contributed by atoms with Crippen molar-refractivity contribution in [1.29, 1.82) is 0 Å². The Balaban J connectivity index is 2.99. The van der Waals surface area contributed by atoms with E-state index in [-0.39, 0.29) is 0 Å². The van der Waals surface area contributed by atoms with Crippen molar-refractivity contribution in [2.45, 2.75) is 26.7 Å². The Kier molecular flexibility index (Phi) is 4.10. The van der Waals surface area contributed by atoms with Crippen molar-refractivity contribution < 1.29 is 5.73 Å².